The number of likely N-dealkylation sites (N-methyl/N-ethyl adjacent to an activating group) is 1. The molecule has 1 saturated heterocycles. The molecule has 218 valence electrons. The third-order valence-electron chi connectivity index (χ3n) is 8.49. The van der Waals surface area contributed by atoms with Crippen molar-refractivity contribution < 1.29 is 24.2 Å². The standard InChI is InChI=1S/C30H48N4O5/c1-22-18-34(23(2)21-35)30(37)26-17-25(31-29(36)11-12-33-13-15-38-16-14-33)9-10-27(26)39-28(22)20-32(3)19-24-7-5-4-6-8-24/h9-10,17,22-24,28,35H,4-8,11-16,18-21H2,1-3H3,(H,31,36)/t22-,23-,28-/m0/s1. The predicted octanol–water partition coefficient (Wildman–Crippen LogP) is 3.08. The van der Waals surface area contributed by atoms with Crippen molar-refractivity contribution in [3.63, 3.8) is 0 Å². The van der Waals surface area contributed by atoms with E-state index in [0.717, 1.165) is 32.1 Å². The zero-order valence-electron chi connectivity index (χ0n) is 24.1. The molecule has 4 rings (SSSR count). The van der Waals surface area contributed by atoms with Gasteiger partial charge in [-0.2, -0.15) is 0 Å². The number of aliphatic hydroxyl groups is 1. The molecule has 2 fully saturated rings. The van der Waals surface area contributed by atoms with Gasteiger partial charge in [-0.25, -0.2) is 0 Å². The summed E-state index contributed by atoms with van der Waals surface area (Å²) < 4.78 is 11.9. The van der Waals surface area contributed by atoms with Gasteiger partial charge in [-0.05, 0) is 50.9 Å². The fraction of sp³-hybridized carbons (Fsp3) is 0.733. The van der Waals surface area contributed by atoms with Gasteiger partial charge in [0, 0.05) is 57.3 Å². The molecule has 2 amide bonds. The predicted molar refractivity (Wildman–Crippen MR) is 152 cm³/mol. The molecule has 9 heteroatoms. The number of benzene rings is 1. The van der Waals surface area contributed by atoms with Crippen LogP contribution in [0.1, 0.15) is 62.7 Å². The number of fused-ring (bicyclic) bond motifs is 1. The maximum atomic E-state index is 13.7. The molecule has 39 heavy (non-hydrogen) atoms. The molecular formula is C30H48N4O5. The Kier molecular flexibility index (Phi) is 11.0. The molecule has 0 spiro atoms. The molecule has 3 aliphatic rings. The van der Waals surface area contributed by atoms with Gasteiger partial charge < -0.3 is 29.7 Å². The second-order valence-corrected chi connectivity index (χ2v) is 11.8. The molecule has 0 aromatic heterocycles. The summed E-state index contributed by atoms with van der Waals surface area (Å²) in [7, 11) is 2.17. The van der Waals surface area contributed by atoms with Crippen molar-refractivity contribution in [3.8, 4) is 5.75 Å². The van der Waals surface area contributed by atoms with E-state index in [-0.39, 0.29) is 36.5 Å². The summed E-state index contributed by atoms with van der Waals surface area (Å²) in [6, 6.07) is 5.02. The van der Waals surface area contributed by atoms with Gasteiger partial charge >= 0.3 is 0 Å². The van der Waals surface area contributed by atoms with Crippen molar-refractivity contribution in [2.45, 2.75) is 64.5 Å². The number of nitrogens with zero attached hydrogens (tertiary/aromatic N) is 3. The molecule has 2 heterocycles. The van der Waals surface area contributed by atoms with Gasteiger partial charge in [-0.15, -0.1) is 0 Å². The van der Waals surface area contributed by atoms with E-state index in [1.165, 1.54) is 32.1 Å². The summed E-state index contributed by atoms with van der Waals surface area (Å²) >= 11 is 0. The second kappa shape index (κ2) is 14.4. The molecule has 1 aliphatic carbocycles. The normalized spacial score (nSPS) is 24.0. The van der Waals surface area contributed by atoms with Crippen LogP contribution in [0.25, 0.3) is 0 Å². The minimum atomic E-state index is -0.321. The maximum Gasteiger partial charge on any atom is 0.258 e. The highest BCUT2D eigenvalue weighted by Crippen LogP contribution is 2.31. The van der Waals surface area contributed by atoms with Crippen LogP contribution in [0.4, 0.5) is 5.69 Å². The summed E-state index contributed by atoms with van der Waals surface area (Å²) in [4.78, 5) is 32.7. The molecule has 9 nitrogen and oxygen atoms in total. The van der Waals surface area contributed by atoms with E-state index >= 15 is 0 Å². The van der Waals surface area contributed by atoms with Crippen LogP contribution >= 0.6 is 0 Å². The minimum absolute atomic E-state index is 0.0860. The first kappa shape index (κ1) is 29.8. The number of hydrogen-bond donors (Lipinski definition) is 2. The van der Waals surface area contributed by atoms with Crippen molar-refractivity contribution in [2.75, 3.05) is 71.5 Å². The molecule has 2 N–H and O–H groups in total. The van der Waals surface area contributed by atoms with Gasteiger partial charge in [0.05, 0.1) is 31.4 Å². The molecule has 0 unspecified atom stereocenters. The van der Waals surface area contributed by atoms with E-state index in [2.05, 4.69) is 29.1 Å². The molecule has 0 radical (unpaired) electrons. The van der Waals surface area contributed by atoms with E-state index in [4.69, 9.17) is 9.47 Å². The van der Waals surface area contributed by atoms with Crippen molar-refractivity contribution in [2.24, 2.45) is 11.8 Å². The van der Waals surface area contributed by atoms with Gasteiger partial charge in [0.15, 0.2) is 0 Å². The van der Waals surface area contributed by atoms with Crippen molar-refractivity contribution in [3.05, 3.63) is 23.8 Å². The number of hydrogen-bond acceptors (Lipinski definition) is 7. The lowest BCUT2D eigenvalue weighted by molar-refractivity contribution is -0.116. The zero-order valence-corrected chi connectivity index (χ0v) is 24.1. The first-order chi connectivity index (χ1) is 18.8. The number of amides is 2. The monoisotopic (exact) mass is 544 g/mol. The lowest BCUT2D eigenvalue weighted by atomic mass is 9.89. The van der Waals surface area contributed by atoms with E-state index < -0.39 is 0 Å². The molecule has 1 aromatic carbocycles. The molecule has 0 bridgehead atoms. The SMILES string of the molecule is C[C@H]1CN([C@@H](C)CO)C(=O)c2cc(NC(=O)CCN3CCOCC3)ccc2O[C@H]1CN(C)CC1CCCCC1. The average Bonchev–Trinajstić information content (AvgIpc) is 2.94. The lowest BCUT2D eigenvalue weighted by Crippen LogP contribution is -2.50. The molecule has 2 aliphatic heterocycles. The Balaban J connectivity index is 1.47. The Labute approximate surface area is 233 Å². The Hall–Kier alpha value is -2.20. The number of ether oxygens (including phenoxy) is 2. The van der Waals surface area contributed by atoms with Crippen molar-refractivity contribution >= 4 is 17.5 Å². The maximum absolute atomic E-state index is 13.7. The van der Waals surface area contributed by atoms with E-state index in [1.807, 2.05) is 13.0 Å². The van der Waals surface area contributed by atoms with Crippen molar-refractivity contribution in [1.82, 2.24) is 14.7 Å². The molecular weight excluding hydrogens is 496 g/mol. The Bertz CT molecular complexity index is 947. The number of rotatable bonds is 10. The van der Waals surface area contributed by atoms with Crippen LogP contribution in [0, 0.1) is 11.8 Å². The van der Waals surface area contributed by atoms with Crippen LogP contribution < -0.4 is 10.1 Å². The number of nitrogens with one attached hydrogen (secondary N) is 1. The third-order valence-corrected chi connectivity index (χ3v) is 8.49. The quantitative estimate of drug-likeness (QED) is 0.468. The van der Waals surface area contributed by atoms with Crippen LogP contribution in [0.5, 0.6) is 5.75 Å². The summed E-state index contributed by atoms with van der Waals surface area (Å²) in [5, 5.41) is 12.9. The summed E-state index contributed by atoms with van der Waals surface area (Å²) in [6.45, 7) is 9.97. The summed E-state index contributed by atoms with van der Waals surface area (Å²) in [6.07, 6.45) is 6.87. The van der Waals surface area contributed by atoms with E-state index in [9.17, 15) is 14.7 Å². The largest absolute Gasteiger partial charge is 0.488 e. The number of anilines is 1. The Morgan fingerprint density at radius 3 is 2.64 bits per heavy atom. The molecule has 1 aromatic rings. The number of carbonyl (C=O) groups excluding carboxylic acids is 2. The fourth-order valence-electron chi connectivity index (χ4n) is 6.02. The zero-order chi connectivity index (χ0) is 27.8. The first-order valence-corrected chi connectivity index (χ1v) is 14.8. The Morgan fingerprint density at radius 1 is 1.18 bits per heavy atom. The lowest BCUT2D eigenvalue weighted by Gasteiger charge is -2.38. The van der Waals surface area contributed by atoms with Crippen LogP contribution in [-0.4, -0.2) is 110 Å². The highest BCUT2D eigenvalue weighted by atomic mass is 16.5. The number of carbonyl (C=O) groups is 2. The van der Waals surface area contributed by atoms with E-state index in [1.54, 1.807) is 17.0 Å². The van der Waals surface area contributed by atoms with Gasteiger partial charge in [-0.1, -0.05) is 26.2 Å². The van der Waals surface area contributed by atoms with Gasteiger partial charge in [0.2, 0.25) is 5.91 Å². The average molecular weight is 545 g/mol. The summed E-state index contributed by atoms with van der Waals surface area (Å²) in [5.41, 5.74) is 1.00. The molecule has 3 atom stereocenters. The third kappa shape index (κ3) is 8.39. The van der Waals surface area contributed by atoms with Gasteiger partial charge in [0.25, 0.3) is 5.91 Å². The second-order valence-electron chi connectivity index (χ2n) is 11.8. The van der Waals surface area contributed by atoms with Crippen LogP contribution in [0.3, 0.4) is 0 Å². The number of aliphatic hydroxyl groups excluding tert-OH is 1. The van der Waals surface area contributed by atoms with Gasteiger partial charge in [0.1, 0.15) is 11.9 Å². The highest BCUT2D eigenvalue weighted by Gasteiger charge is 2.34. The van der Waals surface area contributed by atoms with Crippen LogP contribution in [0.15, 0.2) is 18.2 Å². The molecule has 1 saturated carbocycles. The fourth-order valence-corrected chi connectivity index (χ4v) is 6.02. The minimum Gasteiger partial charge on any atom is -0.488 e. The number of morpholine rings is 1. The highest BCUT2D eigenvalue weighted by molar-refractivity contribution is 5.99. The van der Waals surface area contributed by atoms with Crippen molar-refractivity contribution in [1.29, 1.82) is 0 Å². The topological polar surface area (TPSA) is 94.6 Å². The smallest absolute Gasteiger partial charge is 0.258 e. The van der Waals surface area contributed by atoms with Gasteiger partial charge in [-0.3, -0.25) is 14.5 Å². The van der Waals surface area contributed by atoms with E-state index in [0.29, 0.717) is 49.7 Å². The summed E-state index contributed by atoms with van der Waals surface area (Å²) in [5.74, 6) is 1.09. The van der Waals surface area contributed by atoms with Crippen LogP contribution in [0.2, 0.25) is 0 Å². The first-order valence-electron chi connectivity index (χ1n) is 14.8. The Morgan fingerprint density at radius 2 is 1.92 bits per heavy atom. The van der Waals surface area contributed by atoms with Crippen LogP contribution in [-0.2, 0) is 9.53 Å².